The van der Waals surface area contributed by atoms with Crippen molar-refractivity contribution in [2.75, 3.05) is 31.1 Å². The van der Waals surface area contributed by atoms with E-state index in [1.165, 1.54) is 25.3 Å². The Kier molecular flexibility index (Phi) is 6.81. The first-order chi connectivity index (χ1) is 22.3. The van der Waals surface area contributed by atoms with Crippen LogP contribution in [0.3, 0.4) is 0 Å². The lowest BCUT2D eigenvalue weighted by Gasteiger charge is -2.36. The van der Waals surface area contributed by atoms with Crippen LogP contribution in [0.5, 0.6) is 11.8 Å². The molecule has 2 bridgehead atoms. The molecule has 4 saturated heterocycles. The molecule has 6 heterocycles. The van der Waals surface area contributed by atoms with E-state index in [-0.39, 0.29) is 29.6 Å². The molecule has 2 N–H and O–H groups in total. The lowest BCUT2D eigenvalue weighted by molar-refractivity contribution is 0.0775. The molecule has 9 rings (SSSR count). The van der Waals surface area contributed by atoms with Crippen LogP contribution in [-0.2, 0) is 0 Å². The minimum absolute atomic E-state index is 0.0153. The molecule has 4 aromatic rings. The fraction of sp³-hybridized carbons (Fsp3) is 0.514. The zero-order valence-electron chi connectivity index (χ0n) is 25.6. The molecule has 6 atom stereocenters. The van der Waals surface area contributed by atoms with Crippen LogP contribution >= 0.6 is 11.6 Å². The van der Waals surface area contributed by atoms with Gasteiger partial charge in [0.05, 0.1) is 10.9 Å². The molecule has 1 saturated carbocycles. The Morgan fingerprint density at radius 2 is 1.87 bits per heavy atom. The third-order valence-corrected chi connectivity index (χ3v) is 11.6. The standard InChI is InChI=1S/C35H37ClF2N6O2/c36-27-6-3-5-19-10-24(45)11-25(29(19)27)31-30(38)32-26(14-39-31)33(43-16-22-8-9-23(17-43)40-22)42-34(41-32)46-18-35-12-20-4-1-2-7-28(20)44(35)15-21(37)13-35/h3,5-6,10-11,14,20-23,28,40,45H,1-2,4,7-9,12-13,15-18H2/t20-,21+,22?,23?,28-,35-/m0/s1. The SMILES string of the molecule is Oc1cc(-c2ncc3c(N4CC5CCC(C4)N5)nc(OC[C@]45C[C@@H](F)CN4[C@H]4CCCC[C@H]4C5)nc3c2F)c2c(Cl)cccc2c1. The average molecular weight is 647 g/mol. The number of phenols is 1. The predicted octanol–water partition coefficient (Wildman–Crippen LogP) is 6.41. The van der Waals surface area contributed by atoms with Gasteiger partial charge in [0.2, 0.25) is 0 Å². The van der Waals surface area contributed by atoms with Crippen molar-refractivity contribution in [1.82, 2.24) is 25.2 Å². The lowest BCUT2D eigenvalue weighted by atomic mass is 9.81. The summed E-state index contributed by atoms with van der Waals surface area (Å²) in [4.78, 5) is 18.7. The molecule has 5 fully saturated rings. The molecule has 46 heavy (non-hydrogen) atoms. The zero-order valence-corrected chi connectivity index (χ0v) is 26.3. The first-order valence-corrected chi connectivity index (χ1v) is 17.1. The predicted molar refractivity (Wildman–Crippen MR) is 174 cm³/mol. The summed E-state index contributed by atoms with van der Waals surface area (Å²) < 4.78 is 38.2. The topological polar surface area (TPSA) is 86.6 Å². The van der Waals surface area contributed by atoms with Crippen molar-refractivity contribution in [3.63, 3.8) is 0 Å². The van der Waals surface area contributed by atoms with Crippen molar-refractivity contribution in [2.45, 2.75) is 81.2 Å². The third kappa shape index (κ3) is 4.62. The van der Waals surface area contributed by atoms with Gasteiger partial charge in [-0.05, 0) is 61.6 Å². The van der Waals surface area contributed by atoms with Crippen LogP contribution in [0.4, 0.5) is 14.6 Å². The first kappa shape index (κ1) is 28.8. The molecule has 4 aliphatic heterocycles. The van der Waals surface area contributed by atoms with Crippen LogP contribution in [0, 0.1) is 11.7 Å². The van der Waals surface area contributed by atoms with E-state index in [9.17, 15) is 9.50 Å². The van der Waals surface area contributed by atoms with Crippen molar-refractivity contribution in [3.05, 3.63) is 47.4 Å². The number of aromatic hydroxyl groups is 1. The number of benzene rings is 2. The van der Waals surface area contributed by atoms with Crippen molar-refractivity contribution in [2.24, 2.45) is 5.92 Å². The Morgan fingerprint density at radius 3 is 2.72 bits per heavy atom. The van der Waals surface area contributed by atoms with E-state index >= 15 is 4.39 Å². The summed E-state index contributed by atoms with van der Waals surface area (Å²) in [5, 5.41) is 16.4. The highest BCUT2D eigenvalue weighted by Crippen LogP contribution is 2.51. The molecule has 11 heteroatoms. The third-order valence-electron chi connectivity index (χ3n) is 11.3. The molecule has 0 spiro atoms. The van der Waals surface area contributed by atoms with E-state index in [1.807, 2.05) is 6.07 Å². The van der Waals surface area contributed by atoms with Crippen LogP contribution in [0.2, 0.25) is 5.02 Å². The van der Waals surface area contributed by atoms with Gasteiger partial charge >= 0.3 is 6.01 Å². The number of halogens is 3. The molecule has 0 amide bonds. The number of rotatable bonds is 5. The van der Waals surface area contributed by atoms with E-state index in [4.69, 9.17) is 21.3 Å². The number of aromatic nitrogens is 3. The highest BCUT2D eigenvalue weighted by atomic mass is 35.5. The van der Waals surface area contributed by atoms with E-state index in [0.717, 1.165) is 38.8 Å². The molecule has 8 nitrogen and oxygen atoms in total. The van der Waals surface area contributed by atoms with Gasteiger partial charge in [-0.25, -0.2) is 8.78 Å². The largest absolute Gasteiger partial charge is 0.508 e. The van der Waals surface area contributed by atoms with E-state index in [2.05, 4.69) is 25.1 Å². The highest BCUT2D eigenvalue weighted by Gasteiger charge is 2.57. The number of piperazine rings is 1. The van der Waals surface area contributed by atoms with Crippen LogP contribution in [0.25, 0.3) is 32.9 Å². The molecule has 2 aromatic carbocycles. The van der Waals surface area contributed by atoms with Crippen LogP contribution in [-0.4, -0.2) is 81.0 Å². The number of fused-ring (bicyclic) bond motifs is 7. The highest BCUT2D eigenvalue weighted by molar-refractivity contribution is 6.36. The second kappa shape index (κ2) is 10.9. The number of hydrogen-bond acceptors (Lipinski definition) is 8. The number of alkyl halides is 1. The molecule has 240 valence electrons. The smallest absolute Gasteiger partial charge is 0.319 e. The van der Waals surface area contributed by atoms with Crippen molar-refractivity contribution >= 4 is 39.1 Å². The molecule has 2 aromatic heterocycles. The van der Waals surface area contributed by atoms with Crippen molar-refractivity contribution < 1.29 is 18.6 Å². The maximum Gasteiger partial charge on any atom is 0.319 e. The molecule has 2 unspecified atom stereocenters. The number of nitrogens with one attached hydrogen (secondary N) is 1. The summed E-state index contributed by atoms with van der Waals surface area (Å²) in [6.45, 7) is 2.19. The van der Waals surface area contributed by atoms with E-state index < -0.39 is 17.5 Å². The van der Waals surface area contributed by atoms with Gasteiger partial charge in [0.25, 0.3) is 0 Å². The van der Waals surface area contributed by atoms with Gasteiger partial charge in [0, 0.05) is 66.3 Å². The number of hydrogen-bond donors (Lipinski definition) is 2. The zero-order chi connectivity index (χ0) is 31.2. The van der Waals surface area contributed by atoms with Crippen LogP contribution < -0.4 is 15.0 Å². The number of anilines is 1. The maximum atomic E-state index is 16.8. The fourth-order valence-corrected chi connectivity index (χ4v) is 9.73. The fourth-order valence-electron chi connectivity index (χ4n) is 9.45. The quantitative estimate of drug-likeness (QED) is 0.257. The van der Waals surface area contributed by atoms with Gasteiger partial charge in [-0.1, -0.05) is 36.6 Å². The maximum absolute atomic E-state index is 16.8. The van der Waals surface area contributed by atoms with Gasteiger partial charge in [0.15, 0.2) is 5.82 Å². The van der Waals surface area contributed by atoms with Gasteiger partial charge < -0.3 is 20.1 Å². The minimum Gasteiger partial charge on any atom is -0.508 e. The van der Waals surface area contributed by atoms with Gasteiger partial charge in [-0.3, -0.25) is 9.88 Å². The molecular formula is C35H37ClF2N6O2. The summed E-state index contributed by atoms with van der Waals surface area (Å²) in [5.41, 5.74) is 0.123. The lowest BCUT2D eigenvalue weighted by Crippen LogP contribution is -2.51. The summed E-state index contributed by atoms with van der Waals surface area (Å²) in [7, 11) is 0. The molecular weight excluding hydrogens is 610 g/mol. The normalized spacial score (nSPS) is 30.7. The molecule has 1 aliphatic carbocycles. The van der Waals surface area contributed by atoms with Crippen molar-refractivity contribution in [3.8, 4) is 23.0 Å². The Hall–Kier alpha value is -3.34. The van der Waals surface area contributed by atoms with Gasteiger partial charge in [-0.15, -0.1) is 0 Å². The Balaban J connectivity index is 1.15. The number of ether oxygens (including phenoxy) is 1. The van der Waals surface area contributed by atoms with Gasteiger partial charge in [-0.2, -0.15) is 9.97 Å². The molecule has 0 radical (unpaired) electrons. The molecule has 5 aliphatic rings. The summed E-state index contributed by atoms with van der Waals surface area (Å²) >= 11 is 6.60. The Labute approximate surface area is 271 Å². The average Bonchev–Trinajstić information content (AvgIpc) is 3.66. The second-order valence-electron chi connectivity index (χ2n) is 14.2. The summed E-state index contributed by atoms with van der Waals surface area (Å²) in [5.74, 6) is 0.509. The first-order valence-electron chi connectivity index (χ1n) is 16.7. The summed E-state index contributed by atoms with van der Waals surface area (Å²) in [6.07, 6.45) is 8.95. The summed E-state index contributed by atoms with van der Waals surface area (Å²) in [6, 6.07) is 9.59. The van der Waals surface area contributed by atoms with Crippen LogP contribution in [0.1, 0.15) is 51.4 Å². The Morgan fingerprint density at radius 1 is 1.04 bits per heavy atom. The Bertz CT molecular complexity index is 1850. The number of pyridine rings is 1. The minimum atomic E-state index is -0.883. The van der Waals surface area contributed by atoms with Gasteiger partial charge in [0.1, 0.15) is 35.6 Å². The number of nitrogens with zero attached hydrogens (tertiary/aromatic N) is 5. The second-order valence-corrected chi connectivity index (χ2v) is 14.6. The number of phenolic OH excluding ortho intramolecular Hbond substituents is 1. The van der Waals surface area contributed by atoms with E-state index in [1.54, 1.807) is 24.4 Å². The van der Waals surface area contributed by atoms with Crippen molar-refractivity contribution in [1.29, 1.82) is 0 Å². The van der Waals surface area contributed by atoms with Crippen LogP contribution in [0.15, 0.2) is 36.5 Å². The van der Waals surface area contributed by atoms with E-state index in [0.29, 0.717) is 69.6 Å². The monoisotopic (exact) mass is 646 g/mol.